The molecule has 0 radical (unpaired) electrons. The zero-order chi connectivity index (χ0) is 14.6. The monoisotopic (exact) mass is 360 g/mol. The van der Waals surface area contributed by atoms with Gasteiger partial charge in [0, 0.05) is 22.9 Å². The summed E-state index contributed by atoms with van der Waals surface area (Å²) in [5.41, 5.74) is 0. The molecule has 1 fully saturated rings. The first-order valence-electron chi connectivity index (χ1n) is 7.14. The van der Waals surface area contributed by atoms with Crippen molar-refractivity contribution in [2.45, 2.75) is 56.4 Å². The van der Waals surface area contributed by atoms with E-state index in [1.54, 1.807) is 12.3 Å². The summed E-state index contributed by atoms with van der Waals surface area (Å²) in [6.45, 7) is 2.20. The largest absolute Gasteiger partial charge is 0.262 e. The van der Waals surface area contributed by atoms with Crippen molar-refractivity contribution in [1.82, 2.24) is 9.71 Å². The second kappa shape index (κ2) is 7.00. The van der Waals surface area contributed by atoms with E-state index in [2.05, 4.69) is 32.6 Å². The van der Waals surface area contributed by atoms with E-state index < -0.39 is 10.0 Å². The summed E-state index contributed by atoms with van der Waals surface area (Å²) in [4.78, 5) is 4.14. The van der Waals surface area contributed by atoms with E-state index >= 15 is 0 Å². The van der Waals surface area contributed by atoms with Gasteiger partial charge in [-0.05, 0) is 53.6 Å². The molecule has 1 aromatic heterocycles. The molecule has 1 N–H and O–H groups in total. The van der Waals surface area contributed by atoms with E-state index in [4.69, 9.17) is 0 Å². The van der Waals surface area contributed by atoms with E-state index in [0.717, 1.165) is 31.6 Å². The SMILES string of the molecule is CCCC1CCC(NS(=O)(=O)c2cncc(Br)c2)CC1. The quantitative estimate of drug-likeness (QED) is 0.874. The van der Waals surface area contributed by atoms with Crippen molar-refractivity contribution < 1.29 is 8.42 Å². The molecular formula is C14H21BrN2O2S. The number of aromatic nitrogens is 1. The molecule has 1 saturated carbocycles. The van der Waals surface area contributed by atoms with Crippen LogP contribution in [0, 0.1) is 5.92 Å². The average Bonchev–Trinajstić information content (AvgIpc) is 2.41. The number of halogens is 1. The van der Waals surface area contributed by atoms with Crippen LogP contribution in [-0.2, 0) is 10.0 Å². The Kier molecular flexibility index (Phi) is 5.57. The Hall–Kier alpha value is -0.460. The molecule has 20 heavy (non-hydrogen) atoms. The smallest absolute Gasteiger partial charge is 0.242 e. The van der Waals surface area contributed by atoms with Gasteiger partial charge in [0.15, 0.2) is 0 Å². The van der Waals surface area contributed by atoms with Crippen LogP contribution in [-0.4, -0.2) is 19.4 Å². The summed E-state index contributed by atoms with van der Waals surface area (Å²) < 4.78 is 28.1. The first-order valence-corrected chi connectivity index (χ1v) is 9.41. The molecule has 112 valence electrons. The summed E-state index contributed by atoms with van der Waals surface area (Å²) in [6.07, 6.45) is 9.55. The Bertz CT molecular complexity index is 540. The Morgan fingerprint density at radius 3 is 2.60 bits per heavy atom. The molecule has 0 spiro atoms. The highest BCUT2D eigenvalue weighted by Crippen LogP contribution is 2.28. The minimum atomic E-state index is -3.45. The van der Waals surface area contributed by atoms with Crippen molar-refractivity contribution in [2.75, 3.05) is 0 Å². The van der Waals surface area contributed by atoms with Gasteiger partial charge >= 0.3 is 0 Å². The van der Waals surface area contributed by atoms with Gasteiger partial charge in [-0.2, -0.15) is 0 Å². The standard InChI is InChI=1S/C14H21BrN2O2S/c1-2-3-11-4-6-13(7-5-11)17-20(18,19)14-8-12(15)9-16-10-14/h8-11,13,17H,2-7H2,1H3. The molecule has 1 aliphatic carbocycles. The number of rotatable bonds is 5. The summed E-state index contributed by atoms with van der Waals surface area (Å²) in [6, 6.07) is 1.64. The lowest BCUT2D eigenvalue weighted by atomic mass is 9.84. The van der Waals surface area contributed by atoms with Crippen LogP contribution in [0.25, 0.3) is 0 Å². The zero-order valence-corrected chi connectivity index (χ0v) is 14.1. The van der Waals surface area contributed by atoms with Crippen LogP contribution in [0.15, 0.2) is 27.8 Å². The van der Waals surface area contributed by atoms with Crippen molar-refractivity contribution in [1.29, 1.82) is 0 Å². The van der Waals surface area contributed by atoms with Crippen LogP contribution in [0.5, 0.6) is 0 Å². The molecule has 1 aromatic rings. The lowest BCUT2D eigenvalue weighted by molar-refractivity contribution is 0.297. The van der Waals surface area contributed by atoms with E-state index in [9.17, 15) is 8.42 Å². The molecule has 0 aromatic carbocycles. The third-order valence-electron chi connectivity index (χ3n) is 3.86. The Labute approximate surface area is 129 Å². The molecule has 0 unspecified atom stereocenters. The predicted molar refractivity (Wildman–Crippen MR) is 82.9 cm³/mol. The molecule has 0 atom stereocenters. The van der Waals surface area contributed by atoms with Crippen LogP contribution in [0.1, 0.15) is 45.4 Å². The fourth-order valence-corrected chi connectivity index (χ4v) is 4.61. The Morgan fingerprint density at radius 2 is 2.00 bits per heavy atom. The van der Waals surface area contributed by atoms with Gasteiger partial charge in [-0.3, -0.25) is 4.98 Å². The van der Waals surface area contributed by atoms with E-state index in [1.807, 2.05) is 0 Å². The molecule has 6 heteroatoms. The second-order valence-corrected chi connectivity index (χ2v) is 8.10. The molecule has 2 rings (SSSR count). The normalized spacial score (nSPS) is 23.7. The van der Waals surface area contributed by atoms with Crippen molar-refractivity contribution in [3.05, 3.63) is 22.9 Å². The fraction of sp³-hybridized carbons (Fsp3) is 0.643. The molecule has 0 aliphatic heterocycles. The number of pyridine rings is 1. The van der Waals surface area contributed by atoms with Gasteiger partial charge in [-0.15, -0.1) is 0 Å². The Morgan fingerprint density at radius 1 is 1.30 bits per heavy atom. The Balaban J connectivity index is 1.96. The summed E-state index contributed by atoms with van der Waals surface area (Å²) >= 11 is 3.25. The van der Waals surface area contributed by atoms with E-state index in [0.29, 0.717) is 4.47 Å². The lowest BCUT2D eigenvalue weighted by Gasteiger charge is -2.28. The predicted octanol–water partition coefficient (Wildman–Crippen LogP) is 3.48. The van der Waals surface area contributed by atoms with Gasteiger partial charge in [0.05, 0.1) is 0 Å². The van der Waals surface area contributed by atoms with Crippen molar-refractivity contribution in [2.24, 2.45) is 5.92 Å². The zero-order valence-electron chi connectivity index (χ0n) is 11.7. The molecule has 4 nitrogen and oxygen atoms in total. The van der Waals surface area contributed by atoms with Gasteiger partial charge in [0.2, 0.25) is 10.0 Å². The second-order valence-electron chi connectivity index (χ2n) is 5.47. The average molecular weight is 361 g/mol. The first kappa shape index (κ1) is 15.9. The minimum Gasteiger partial charge on any atom is -0.262 e. The highest BCUT2D eigenvalue weighted by atomic mass is 79.9. The molecule has 0 amide bonds. The third-order valence-corrected chi connectivity index (χ3v) is 5.78. The highest BCUT2D eigenvalue weighted by molar-refractivity contribution is 9.10. The first-order chi connectivity index (χ1) is 9.51. The number of nitrogens with zero attached hydrogens (tertiary/aromatic N) is 1. The van der Waals surface area contributed by atoms with Crippen LogP contribution in [0.4, 0.5) is 0 Å². The summed E-state index contributed by atoms with van der Waals surface area (Å²) in [5.74, 6) is 0.772. The van der Waals surface area contributed by atoms with Crippen molar-refractivity contribution in [3.8, 4) is 0 Å². The van der Waals surface area contributed by atoms with Gasteiger partial charge < -0.3 is 0 Å². The van der Waals surface area contributed by atoms with E-state index in [1.165, 1.54) is 19.0 Å². The van der Waals surface area contributed by atoms with Gasteiger partial charge in [-0.25, -0.2) is 13.1 Å². The molecule has 0 saturated heterocycles. The summed E-state index contributed by atoms with van der Waals surface area (Å²) in [7, 11) is -3.45. The van der Waals surface area contributed by atoms with Crippen molar-refractivity contribution in [3.63, 3.8) is 0 Å². The van der Waals surface area contributed by atoms with Crippen LogP contribution in [0.2, 0.25) is 0 Å². The van der Waals surface area contributed by atoms with Gasteiger partial charge in [0.25, 0.3) is 0 Å². The van der Waals surface area contributed by atoms with Crippen LogP contribution >= 0.6 is 15.9 Å². The highest BCUT2D eigenvalue weighted by Gasteiger charge is 2.25. The van der Waals surface area contributed by atoms with Gasteiger partial charge in [-0.1, -0.05) is 19.8 Å². The number of nitrogens with one attached hydrogen (secondary N) is 1. The maximum atomic E-state index is 12.3. The lowest BCUT2D eigenvalue weighted by Crippen LogP contribution is -2.37. The molecule has 1 heterocycles. The number of hydrogen-bond acceptors (Lipinski definition) is 3. The minimum absolute atomic E-state index is 0.0621. The van der Waals surface area contributed by atoms with Crippen LogP contribution < -0.4 is 4.72 Å². The number of sulfonamides is 1. The fourth-order valence-electron chi connectivity index (χ4n) is 2.80. The summed E-state index contributed by atoms with van der Waals surface area (Å²) in [5, 5.41) is 0. The molecule has 0 bridgehead atoms. The van der Waals surface area contributed by atoms with E-state index in [-0.39, 0.29) is 10.9 Å². The van der Waals surface area contributed by atoms with Gasteiger partial charge in [0.1, 0.15) is 4.90 Å². The topological polar surface area (TPSA) is 59.1 Å². The molecule has 1 aliphatic rings. The molecular weight excluding hydrogens is 340 g/mol. The third kappa shape index (κ3) is 4.27. The maximum Gasteiger partial charge on any atom is 0.242 e. The number of hydrogen-bond donors (Lipinski definition) is 1. The maximum absolute atomic E-state index is 12.3. The van der Waals surface area contributed by atoms with Crippen LogP contribution in [0.3, 0.4) is 0 Å². The van der Waals surface area contributed by atoms with Crippen molar-refractivity contribution >= 4 is 26.0 Å².